The van der Waals surface area contributed by atoms with E-state index < -0.39 is 0 Å². The summed E-state index contributed by atoms with van der Waals surface area (Å²) in [5.74, 6) is 2.22. The van der Waals surface area contributed by atoms with Gasteiger partial charge >= 0.3 is 0 Å². The predicted octanol–water partition coefficient (Wildman–Crippen LogP) is 3.01. The van der Waals surface area contributed by atoms with E-state index in [9.17, 15) is 0 Å². The lowest BCUT2D eigenvalue weighted by Crippen LogP contribution is -2.45. The maximum absolute atomic E-state index is 6.11. The average Bonchev–Trinajstić information content (AvgIpc) is 3.03. The van der Waals surface area contributed by atoms with E-state index in [0.717, 1.165) is 48.3 Å². The summed E-state index contributed by atoms with van der Waals surface area (Å²) in [6.45, 7) is 8.07. The number of halogens is 1. The van der Waals surface area contributed by atoms with Crippen molar-refractivity contribution in [2.75, 3.05) is 43.4 Å². The van der Waals surface area contributed by atoms with Crippen molar-refractivity contribution in [3.63, 3.8) is 0 Å². The van der Waals surface area contributed by atoms with E-state index in [0.29, 0.717) is 11.7 Å². The monoisotopic (exact) mass is 385 g/mol. The number of likely N-dealkylation sites (N-methyl/N-ethyl adjacent to an activating group) is 1. The van der Waals surface area contributed by atoms with Gasteiger partial charge in [-0.15, -0.1) is 5.10 Å². The molecule has 0 saturated carbocycles. The highest BCUT2D eigenvalue weighted by atomic mass is 35.5. The normalized spacial score (nSPS) is 16.7. The van der Waals surface area contributed by atoms with Gasteiger partial charge in [-0.1, -0.05) is 23.7 Å². The van der Waals surface area contributed by atoms with Gasteiger partial charge < -0.3 is 15.1 Å². The number of aromatic nitrogens is 4. The number of anilines is 2. The van der Waals surface area contributed by atoms with Crippen molar-refractivity contribution in [2.24, 2.45) is 0 Å². The van der Waals surface area contributed by atoms with Crippen molar-refractivity contribution in [1.82, 2.24) is 24.5 Å². The van der Waals surface area contributed by atoms with Gasteiger partial charge in [-0.05, 0) is 38.6 Å². The second kappa shape index (κ2) is 7.32. The number of nitrogens with zero attached hydrogens (tertiary/aromatic N) is 6. The van der Waals surface area contributed by atoms with Crippen molar-refractivity contribution in [2.45, 2.75) is 19.9 Å². The fraction of sp³-hybridized carbons (Fsp3) is 0.421. The van der Waals surface area contributed by atoms with Crippen LogP contribution in [-0.4, -0.2) is 57.7 Å². The Hall–Kier alpha value is -2.38. The zero-order chi connectivity index (χ0) is 19.0. The van der Waals surface area contributed by atoms with Crippen LogP contribution in [0, 0.1) is 6.92 Å². The molecule has 8 heteroatoms. The van der Waals surface area contributed by atoms with Crippen LogP contribution in [0.2, 0.25) is 5.02 Å². The number of aryl methyl sites for hydroxylation is 1. The first-order valence-electron chi connectivity index (χ1n) is 9.19. The molecule has 1 aliphatic heterocycles. The molecule has 0 amide bonds. The van der Waals surface area contributed by atoms with E-state index >= 15 is 0 Å². The SMILES string of the molecule is Cc1cc(N2CCN(C)CC2)n2nc(N[C@H](C)c3cccc(Cl)c3)nc2n1. The van der Waals surface area contributed by atoms with Crippen LogP contribution >= 0.6 is 11.6 Å². The second-order valence-electron chi connectivity index (χ2n) is 7.11. The van der Waals surface area contributed by atoms with Gasteiger partial charge in [0.25, 0.3) is 5.78 Å². The summed E-state index contributed by atoms with van der Waals surface area (Å²) >= 11 is 6.11. The molecule has 1 aromatic carbocycles. The Kier molecular flexibility index (Phi) is 4.88. The predicted molar refractivity (Wildman–Crippen MR) is 109 cm³/mol. The first-order valence-corrected chi connectivity index (χ1v) is 9.57. The Morgan fingerprint density at radius 1 is 1.11 bits per heavy atom. The summed E-state index contributed by atoms with van der Waals surface area (Å²) in [4.78, 5) is 13.8. The third-order valence-electron chi connectivity index (χ3n) is 4.94. The molecule has 0 unspecified atom stereocenters. The second-order valence-corrected chi connectivity index (χ2v) is 7.55. The standard InChI is InChI=1S/C19H24ClN7/c1-13-11-17(26-9-7-25(3)8-10-26)27-19(21-13)23-18(24-27)22-14(2)15-5-4-6-16(20)12-15/h4-6,11-12,14H,7-10H2,1-3H3,(H,22,24)/t14-/m1/s1. The molecule has 1 aliphatic rings. The minimum Gasteiger partial charge on any atom is -0.354 e. The molecule has 0 spiro atoms. The molecule has 1 saturated heterocycles. The number of hydrogen-bond acceptors (Lipinski definition) is 6. The number of hydrogen-bond donors (Lipinski definition) is 1. The Labute approximate surface area is 164 Å². The molecule has 1 fully saturated rings. The van der Waals surface area contributed by atoms with Gasteiger partial charge in [0, 0.05) is 43.0 Å². The Bertz CT molecular complexity index is 946. The largest absolute Gasteiger partial charge is 0.354 e. The molecule has 0 radical (unpaired) electrons. The average molecular weight is 386 g/mol. The van der Waals surface area contributed by atoms with Crippen LogP contribution in [0.4, 0.5) is 11.8 Å². The maximum Gasteiger partial charge on any atom is 0.256 e. The first kappa shape index (κ1) is 18.0. The summed E-state index contributed by atoms with van der Waals surface area (Å²) in [6.07, 6.45) is 0. The molecule has 1 atom stereocenters. The highest BCUT2D eigenvalue weighted by Crippen LogP contribution is 2.23. The van der Waals surface area contributed by atoms with Gasteiger partial charge in [0.2, 0.25) is 5.95 Å². The molecule has 27 heavy (non-hydrogen) atoms. The van der Waals surface area contributed by atoms with E-state index in [1.807, 2.05) is 35.7 Å². The highest BCUT2D eigenvalue weighted by molar-refractivity contribution is 6.30. The number of fused-ring (bicyclic) bond motifs is 1. The van der Waals surface area contributed by atoms with Crippen LogP contribution in [-0.2, 0) is 0 Å². The van der Waals surface area contributed by atoms with Crippen molar-refractivity contribution in [3.05, 3.63) is 46.6 Å². The summed E-state index contributed by atoms with van der Waals surface area (Å²) < 4.78 is 1.84. The molecule has 2 aromatic heterocycles. The Balaban J connectivity index is 1.63. The quantitative estimate of drug-likeness (QED) is 0.744. The Morgan fingerprint density at radius 2 is 1.89 bits per heavy atom. The topological polar surface area (TPSA) is 61.6 Å². The minimum atomic E-state index is 0.0364. The van der Waals surface area contributed by atoms with E-state index in [1.54, 1.807) is 0 Å². The van der Waals surface area contributed by atoms with Crippen LogP contribution in [0.3, 0.4) is 0 Å². The van der Waals surface area contributed by atoms with Crippen molar-refractivity contribution in [3.8, 4) is 0 Å². The van der Waals surface area contributed by atoms with Gasteiger partial charge in [0.05, 0.1) is 6.04 Å². The molecule has 142 valence electrons. The number of nitrogens with one attached hydrogen (secondary N) is 1. The fourth-order valence-electron chi connectivity index (χ4n) is 3.34. The first-order chi connectivity index (χ1) is 13.0. The zero-order valence-electron chi connectivity index (χ0n) is 15.9. The van der Waals surface area contributed by atoms with Gasteiger partial charge in [-0.3, -0.25) is 0 Å². The smallest absolute Gasteiger partial charge is 0.256 e. The van der Waals surface area contributed by atoms with Crippen molar-refractivity contribution >= 4 is 29.1 Å². The molecule has 4 rings (SSSR count). The lowest BCUT2D eigenvalue weighted by molar-refractivity contribution is 0.311. The number of benzene rings is 1. The summed E-state index contributed by atoms with van der Waals surface area (Å²) in [5.41, 5.74) is 2.03. The minimum absolute atomic E-state index is 0.0364. The van der Waals surface area contributed by atoms with Crippen LogP contribution in [0.25, 0.3) is 5.78 Å². The van der Waals surface area contributed by atoms with E-state index in [4.69, 9.17) is 11.6 Å². The fourth-order valence-corrected chi connectivity index (χ4v) is 3.54. The van der Waals surface area contributed by atoms with Gasteiger partial charge in [-0.2, -0.15) is 9.50 Å². The maximum atomic E-state index is 6.11. The van der Waals surface area contributed by atoms with Crippen LogP contribution in [0.1, 0.15) is 24.2 Å². The van der Waals surface area contributed by atoms with Gasteiger partial charge in [0.15, 0.2) is 0 Å². The number of piperazine rings is 1. The van der Waals surface area contributed by atoms with Gasteiger partial charge in [-0.25, -0.2) is 4.98 Å². The molecule has 0 aliphatic carbocycles. The summed E-state index contributed by atoms with van der Waals surface area (Å²) in [7, 11) is 2.15. The van der Waals surface area contributed by atoms with Crippen LogP contribution in [0.5, 0.6) is 0 Å². The molecule has 7 nitrogen and oxygen atoms in total. The van der Waals surface area contributed by atoms with E-state index in [2.05, 4.69) is 50.2 Å². The third-order valence-corrected chi connectivity index (χ3v) is 5.18. The number of rotatable bonds is 4. The third kappa shape index (κ3) is 3.84. The van der Waals surface area contributed by atoms with Crippen LogP contribution < -0.4 is 10.2 Å². The van der Waals surface area contributed by atoms with Crippen molar-refractivity contribution < 1.29 is 0 Å². The lowest BCUT2D eigenvalue weighted by Gasteiger charge is -2.33. The zero-order valence-corrected chi connectivity index (χ0v) is 16.6. The van der Waals surface area contributed by atoms with E-state index in [1.165, 1.54) is 0 Å². The summed E-state index contributed by atoms with van der Waals surface area (Å²) in [6, 6.07) is 9.93. The molecule has 3 aromatic rings. The molecular weight excluding hydrogens is 362 g/mol. The highest BCUT2D eigenvalue weighted by Gasteiger charge is 2.20. The van der Waals surface area contributed by atoms with Crippen LogP contribution in [0.15, 0.2) is 30.3 Å². The van der Waals surface area contributed by atoms with Crippen molar-refractivity contribution in [1.29, 1.82) is 0 Å². The molecule has 1 N–H and O–H groups in total. The lowest BCUT2D eigenvalue weighted by atomic mass is 10.1. The van der Waals surface area contributed by atoms with Gasteiger partial charge in [0.1, 0.15) is 5.82 Å². The summed E-state index contributed by atoms with van der Waals surface area (Å²) in [5, 5.41) is 8.76. The molecule has 3 heterocycles. The van der Waals surface area contributed by atoms with E-state index in [-0.39, 0.29) is 6.04 Å². The Morgan fingerprint density at radius 3 is 2.63 bits per heavy atom. The molecule has 0 bridgehead atoms. The molecular formula is C19H24ClN7.